The molecule has 0 bridgehead atoms. The predicted octanol–water partition coefficient (Wildman–Crippen LogP) is 4.98. The van der Waals surface area contributed by atoms with Gasteiger partial charge >= 0.3 is 0 Å². The van der Waals surface area contributed by atoms with Gasteiger partial charge in [0.25, 0.3) is 5.91 Å². The molecule has 2 aromatic heterocycles. The summed E-state index contributed by atoms with van der Waals surface area (Å²) in [7, 11) is 0. The molecular formula is C22H22N4OS. The van der Waals surface area contributed by atoms with E-state index in [2.05, 4.69) is 31.1 Å². The molecule has 0 unspecified atom stereocenters. The van der Waals surface area contributed by atoms with E-state index in [1.54, 1.807) is 33.2 Å². The Morgan fingerprint density at radius 3 is 2.68 bits per heavy atom. The first-order valence-corrected chi connectivity index (χ1v) is 10.1. The molecule has 0 N–H and O–H groups in total. The van der Waals surface area contributed by atoms with E-state index in [0.29, 0.717) is 23.9 Å². The summed E-state index contributed by atoms with van der Waals surface area (Å²) in [5, 5.41) is 4.97. The number of hydrogen-bond donors (Lipinski definition) is 0. The van der Waals surface area contributed by atoms with Gasteiger partial charge in [-0.1, -0.05) is 47.7 Å². The molecule has 0 spiro atoms. The van der Waals surface area contributed by atoms with E-state index in [1.165, 1.54) is 5.56 Å². The number of aryl methyl sites for hydroxylation is 3. The van der Waals surface area contributed by atoms with Gasteiger partial charge in [-0.15, -0.1) is 0 Å². The number of anilines is 1. The number of aromatic nitrogens is 3. The van der Waals surface area contributed by atoms with Gasteiger partial charge in [-0.05, 0) is 49.6 Å². The van der Waals surface area contributed by atoms with E-state index < -0.39 is 0 Å². The molecule has 0 radical (unpaired) electrons. The molecule has 0 saturated heterocycles. The van der Waals surface area contributed by atoms with Crippen molar-refractivity contribution in [2.24, 2.45) is 0 Å². The summed E-state index contributed by atoms with van der Waals surface area (Å²) in [6.45, 7) is 7.24. The summed E-state index contributed by atoms with van der Waals surface area (Å²) < 4.78 is 2.82. The Bertz CT molecular complexity index is 1130. The van der Waals surface area contributed by atoms with Crippen LogP contribution in [0.5, 0.6) is 0 Å². The van der Waals surface area contributed by atoms with Crippen LogP contribution < -0.4 is 4.90 Å². The predicted molar refractivity (Wildman–Crippen MR) is 114 cm³/mol. The molecule has 142 valence electrons. The fourth-order valence-corrected chi connectivity index (χ4v) is 4.51. The molecule has 4 rings (SSSR count). The van der Waals surface area contributed by atoms with Crippen molar-refractivity contribution in [3.05, 3.63) is 77.1 Å². The van der Waals surface area contributed by atoms with Gasteiger partial charge in [-0.3, -0.25) is 14.4 Å². The Balaban J connectivity index is 1.81. The Kier molecular flexibility index (Phi) is 4.96. The van der Waals surface area contributed by atoms with Crippen LogP contribution in [-0.4, -0.2) is 20.7 Å². The summed E-state index contributed by atoms with van der Waals surface area (Å²) in [5.41, 5.74) is 4.92. The third kappa shape index (κ3) is 3.43. The van der Waals surface area contributed by atoms with Crippen molar-refractivity contribution in [2.75, 3.05) is 4.90 Å². The Hall–Kier alpha value is -2.99. The molecule has 2 aromatic carbocycles. The zero-order valence-electron chi connectivity index (χ0n) is 16.2. The van der Waals surface area contributed by atoms with Crippen LogP contribution >= 0.6 is 11.3 Å². The maximum atomic E-state index is 13.5. The number of fused-ring (bicyclic) bond motifs is 1. The molecular weight excluding hydrogens is 368 g/mol. The van der Waals surface area contributed by atoms with E-state index in [4.69, 9.17) is 4.98 Å². The van der Waals surface area contributed by atoms with Crippen LogP contribution in [0.15, 0.2) is 54.7 Å². The highest BCUT2D eigenvalue weighted by Gasteiger charge is 2.24. The summed E-state index contributed by atoms with van der Waals surface area (Å²) in [4.78, 5) is 20.0. The van der Waals surface area contributed by atoms with Crippen LogP contribution in [0.1, 0.15) is 34.1 Å². The van der Waals surface area contributed by atoms with Crippen LogP contribution in [0.4, 0.5) is 5.13 Å². The van der Waals surface area contributed by atoms with Crippen LogP contribution in [-0.2, 0) is 13.1 Å². The molecule has 0 aliphatic rings. The number of nitrogens with zero attached hydrogens (tertiary/aromatic N) is 4. The lowest BCUT2D eigenvalue weighted by Crippen LogP contribution is -2.32. The molecule has 5 nitrogen and oxygen atoms in total. The van der Waals surface area contributed by atoms with Gasteiger partial charge in [0.1, 0.15) is 5.69 Å². The van der Waals surface area contributed by atoms with E-state index in [-0.39, 0.29) is 5.91 Å². The van der Waals surface area contributed by atoms with Gasteiger partial charge in [0.2, 0.25) is 0 Å². The number of carbonyl (C=O) groups is 1. The van der Waals surface area contributed by atoms with Crippen molar-refractivity contribution in [1.82, 2.24) is 14.8 Å². The number of hydrogen-bond acceptors (Lipinski definition) is 4. The van der Waals surface area contributed by atoms with Crippen LogP contribution in [0.25, 0.3) is 10.2 Å². The molecule has 28 heavy (non-hydrogen) atoms. The van der Waals surface area contributed by atoms with Crippen molar-refractivity contribution in [1.29, 1.82) is 0 Å². The van der Waals surface area contributed by atoms with Crippen molar-refractivity contribution in [3.63, 3.8) is 0 Å². The van der Waals surface area contributed by atoms with E-state index in [1.807, 2.05) is 37.3 Å². The summed E-state index contributed by atoms with van der Waals surface area (Å²) in [5.74, 6) is -0.0864. The molecule has 1 amide bonds. The SMILES string of the molecule is CCn1nccc1C(=O)N(Cc1ccccc1)c1nc2c(C)cc(C)cc2s1. The highest BCUT2D eigenvalue weighted by molar-refractivity contribution is 7.22. The number of carbonyl (C=O) groups excluding carboxylic acids is 1. The Morgan fingerprint density at radius 1 is 1.14 bits per heavy atom. The second kappa shape index (κ2) is 7.56. The number of benzene rings is 2. The summed E-state index contributed by atoms with van der Waals surface area (Å²) in [6.07, 6.45) is 1.67. The van der Waals surface area contributed by atoms with Gasteiger partial charge in [0, 0.05) is 12.7 Å². The highest BCUT2D eigenvalue weighted by atomic mass is 32.1. The molecule has 0 fully saturated rings. The second-order valence-corrected chi connectivity index (χ2v) is 7.84. The third-order valence-corrected chi connectivity index (χ3v) is 5.74. The second-order valence-electron chi connectivity index (χ2n) is 6.83. The normalized spacial score (nSPS) is 11.1. The van der Waals surface area contributed by atoms with Crippen molar-refractivity contribution >= 4 is 32.6 Å². The number of rotatable bonds is 5. The largest absolute Gasteiger partial charge is 0.278 e. The van der Waals surface area contributed by atoms with E-state index in [0.717, 1.165) is 21.3 Å². The Morgan fingerprint density at radius 2 is 1.93 bits per heavy atom. The van der Waals surface area contributed by atoms with Gasteiger partial charge in [-0.2, -0.15) is 5.10 Å². The summed E-state index contributed by atoms with van der Waals surface area (Å²) >= 11 is 1.56. The zero-order valence-corrected chi connectivity index (χ0v) is 17.0. The molecule has 0 aliphatic heterocycles. The van der Waals surface area contributed by atoms with Crippen molar-refractivity contribution in [3.8, 4) is 0 Å². The molecule has 6 heteroatoms. The maximum Gasteiger partial charge on any atom is 0.278 e. The monoisotopic (exact) mass is 390 g/mol. The quantitative estimate of drug-likeness (QED) is 0.483. The minimum Gasteiger partial charge on any atom is -0.278 e. The molecule has 4 aromatic rings. The third-order valence-electron chi connectivity index (χ3n) is 4.71. The van der Waals surface area contributed by atoms with Gasteiger partial charge < -0.3 is 0 Å². The summed E-state index contributed by atoms with van der Waals surface area (Å²) in [6, 6.07) is 16.0. The van der Waals surface area contributed by atoms with Crippen LogP contribution in [0.2, 0.25) is 0 Å². The molecule has 2 heterocycles. The minimum absolute atomic E-state index is 0.0864. The Labute approximate surface area is 168 Å². The number of amides is 1. The molecule has 0 saturated carbocycles. The topological polar surface area (TPSA) is 51.0 Å². The first-order valence-electron chi connectivity index (χ1n) is 9.32. The van der Waals surface area contributed by atoms with Crippen LogP contribution in [0, 0.1) is 13.8 Å². The fourth-order valence-electron chi connectivity index (χ4n) is 3.37. The standard InChI is InChI=1S/C22H22N4OS/c1-4-26-18(10-11-23-26)21(27)25(14-17-8-6-5-7-9-17)22-24-20-16(3)12-15(2)13-19(20)28-22/h5-13H,4,14H2,1-3H3. The zero-order chi connectivity index (χ0) is 19.7. The maximum absolute atomic E-state index is 13.5. The number of thiazole rings is 1. The van der Waals surface area contributed by atoms with Gasteiger partial charge in [0.05, 0.1) is 16.8 Å². The lowest BCUT2D eigenvalue weighted by molar-refractivity contribution is 0.0975. The first kappa shape index (κ1) is 18.4. The van der Waals surface area contributed by atoms with Gasteiger partial charge in [-0.25, -0.2) is 4.98 Å². The highest BCUT2D eigenvalue weighted by Crippen LogP contribution is 2.33. The van der Waals surface area contributed by atoms with Crippen molar-refractivity contribution in [2.45, 2.75) is 33.9 Å². The van der Waals surface area contributed by atoms with Crippen molar-refractivity contribution < 1.29 is 4.79 Å². The molecule has 0 aliphatic carbocycles. The van der Waals surface area contributed by atoms with Crippen LogP contribution in [0.3, 0.4) is 0 Å². The minimum atomic E-state index is -0.0864. The van der Waals surface area contributed by atoms with Gasteiger partial charge in [0.15, 0.2) is 5.13 Å². The van der Waals surface area contributed by atoms with E-state index in [9.17, 15) is 4.79 Å². The smallest absolute Gasteiger partial charge is 0.278 e. The lowest BCUT2D eigenvalue weighted by Gasteiger charge is -2.20. The fraction of sp³-hybridized carbons (Fsp3) is 0.227. The molecule has 0 atom stereocenters. The average Bonchev–Trinajstić information content (AvgIpc) is 3.33. The first-order chi connectivity index (χ1) is 13.6. The average molecular weight is 391 g/mol. The lowest BCUT2D eigenvalue weighted by atomic mass is 10.1. The van der Waals surface area contributed by atoms with E-state index >= 15 is 0 Å².